The first-order valence-corrected chi connectivity index (χ1v) is 9.34. The zero-order valence-electron chi connectivity index (χ0n) is 15.8. The van der Waals surface area contributed by atoms with Crippen LogP contribution in [-0.2, 0) is 0 Å². The van der Waals surface area contributed by atoms with Crippen LogP contribution in [0.3, 0.4) is 0 Å². The standard InChI is InChI=1S/C25H15N3O2/c29-28-22-15-25(23-14-18-5-1-2-6-19(18)16-27-23)30-24-13-17(9-11-21(22)24)8-10-20-7-3-4-12-26-20/h1-7,9,11-16,29H. The predicted molar refractivity (Wildman–Crippen MR) is 115 cm³/mol. The van der Waals surface area contributed by atoms with Crippen molar-refractivity contribution in [3.8, 4) is 23.3 Å². The van der Waals surface area contributed by atoms with E-state index in [0.29, 0.717) is 33.5 Å². The third kappa shape index (κ3) is 3.38. The van der Waals surface area contributed by atoms with Crippen LogP contribution in [-0.4, -0.2) is 15.2 Å². The van der Waals surface area contributed by atoms with Crippen LogP contribution in [0.4, 0.5) is 0 Å². The lowest BCUT2D eigenvalue weighted by atomic mass is 10.1. The molecule has 0 unspecified atom stereocenters. The van der Waals surface area contributed by atoms with Gasteiger partial charge in [-0.15, -0.1) is 0 Å². The van der Waals surface area contributed by atoms with Gasteiger partial charge < -0.3 is 9.62 Å². The second-order valence-electron chi connectivity index (χ2n) is 6.69. The molecule has 0 saturated carbocycles. The van der Waals surface area contributed by atoms with Crippen molar-refractivity contribution < 1.29 is 9.62 Å². The van der Waals surface area contributed by atoms with Crippen molar-refractivity contribution in [2.24, 2.45) is 5.16 Å². The van der Waals surface area contributed by atoms with Gasteiger partial charge in [0.05, 0.1) is 0 Å². The average Bonchev–Trinajstić information content (AvgIpc) is 2.82. The highest BCUT2D eigenvalue weighted by molar-refractivity contribution is 5.85. The van der Waals surface area contributed by atoms with Crippen LogP contribution in [0.15, 0.2) is 94.8 Å². The van der Waals surface area contributed by atoms with Gasteiger partial charge in [0.15, 0.2) is 5.76 Å². The van der Waals surface area contributed by atoms with E-state index in [-0.39, 0.29) is 0 Å². The topological polar surface area (TPSA) is 71.5 Å². The van der Waals surface area contributed by atoms with Crippen LogP contribution < -0.4 is 5.36 Å². The molecule has 142 valence electrons. The Morgan fingerprint density at radius 1 is 0.833 bits per heavy atom. The molecule has 5 nitrogen and oxygen atoms in total. The van der Waals surface area contributed by atoms with Crippen LogP contribution in [0, 0.1) is 11.8 Å². The summed E-state index contributed by atoms with van der Waals surface area (Å²) in [5.41, 5.74) is 2.67. The van der Waals surface area contributed by atoms with E-state index in [4.69, 9.17) is 4.42 Å². The van der Waals surface area contributed by atoms with Crippen molar-refractivity contribution >= 4 is 21.7 Å². The molecular weight excluding hydrogens is 374 g/mol. The fourth-order valence-electron chi connectivity index (χ4n) is 3.25. The number of aromatic nitrogens is 2. The molecule has 0 atom stereocenters. The van der Waals surface area contributed by atoms with Crippen molar-refractivity contribution in [1.82, 2.24) is 9.97 Å². The molecule has 5 aromatic rings. The van der Waals surface area contributed by atoms with Gasteiger partial charge in [-0.25, -0.2) is 4.98 Å². The second-order valence-corrected chi connectivity index (χ2v) is 6.69. The molecular formula is C25H15N3O2. The van der Waals surface area contributed by atoms with E-state index in [1.54, 1.807) is 18.5 Å². The van der Waals surface area contributed by atoms with Crippen molar-refractivity contribution in [3.05, 3.63) is 102 Å². The monoisotopic (exact) mass is 389 g/mol. The quantitative estimate of drug-likeness (QED) is 0.256. The van der Waals surface area contributed by atoms with Gasteiger partial charge in [0.2, 0.25) is 0 Å². The van der Waals surface area contributed by atoms with Crippen LogP contribution in [0.25, 0.3) is 33.2 Å². The normalized spacial score (nSPS) is 11.4. The molecule has 1 N–H and O–H groups in total. The van der Waals surface area contributed by atoms with Gasteiger partial charge in [-0.3, -0.25) is 4.98 Å². The van der Waals surface area contributed by atoms with Crippen LogP contribution in [0.2, 0.25) is 0 Å². The van der Waals surface area contributed by atoms with E-state index in [1.807, 2.05) is 66.7 Å². The number of benzene rings is 2. The van der Waals surface area contributed by atoms with E-state index in [1.165, 1.54) is 0 Å². The highest BCUT2D eigenvalue weighted by atomic mass is 16.4. The van der Waals surface area contributed by atoms with Gasteiger partial charge >= 0.3 is 0 Å². The maximum atomic E-state index is 9.53. The molecule has 5 heteroatoms. The summed E-state index contributed by atoms with van der Waals surface area (Å²) in [6.07, 6.45) is 3.51. The Labute approximate surface area is 172 Å². The number of pyridine rings is 2. The second kappa shape index (κ2) is 7.53. The van der Waals surface area contributed by atoms with E-state index in [9.17, 15) is 5.21 Å². The minimum atomic E-state index is 0.408. The SMILES string of the molecule is ON=c1cc(-c2cc3ccccc3cn2)oc2cc(C#Cc3ccccn3)ccc12. The first-order valence-electron chi connectivity index (χ1n) is 9.34. The molecule has 30 heavy (non-hydrogen) atoms. The Bertz CT molecular complexity index is 1510. The van der Waals surface area contributed by atoms with E-state index < -0.39 is 0 Å². The maximum absolute atomic E-state index is 9.53. The Balaban J connectivity index is 1.63. The minimum absolute atomic E-state index is 0.408. The fourth-order valence-corrected chi connectivity index (χ4v) is 3.25. The average molecular weight is 389 g/mol. The van der Waals surface area contributed by atoms with Gasteiger partial charge in [0.1, 0.15) is 22.3 Å². The summed E-state index contributed by atoms with van der Waals surface area (Å²) in [6.45, 7) is 0. The zero-order valence-corrected chi connectivity index (χ0v) is 15.8. The van der Waals surface area contributed by atoms with E-state index in [2.05, 4.69) is 27.0 Å². The number of nitrogens with zero attached hydrogens (tertiary/aromatic N) is 3. The van der Waals surface area contributed by atoms with E-state index >= 15 is 0 Å². The van der Waals surface area contributed by atoms with Gasteiger partial charge in [0.25, 0.3) is 0 Å². The van der Waals surface area contributed by atoms with Crippen molar-refractivity contribution in [2.75, 3.05) is 0 Å². The molecule has 0 spiro atoms. The lowest BCUT2D eigenvalue weighted by Gasteiger charge is -2.05. The zero-order chi connectivity index (χ0) is 20.3. The summed E-state index contributed by atoms with van der Waals surface area (Å²) < 4.78 is 6.11. The Morgan fingerprint density at radius 2 is 1.70 bits per heavy atom. The van der Waals surface area contributed by atoms with Crippen LogP contribution in [0.5, 0.6) is 0 Å². The number of rotatable bonds is 1. The molecule has 0 aliphatic carbocycles. The third-order valence-corrected chi connectivity index (χ3v) is 4.74. The van der Waals surface area contributed by atoms with Crippen LogP contribution >= 0.6 is 0 Å². The smallest absolute Gasteiger partial charge is 0.155 e. The first kappa shape index (κ1) is 17.7. The molecule has 0 amide bonds. The van der Waals surface area contributed by atoms with Gasteiger partial charge in [-0.2, -0.15) is 0 Å². The summed E-state index contributed by atoms with van der Waals surface area (Å²) in [6, 6.07) is 22.7. The maximum Gasteiger partial charge on any atom is 0.155 e. The van der Waals surface area contributed by atoms with Gasteiger partial charge in [-0.05, 0) is 47.7 Å². The third-order valence-electron chi connectivity index (χ3n) is 4.74. The van der Waals surface area contributed by atoms with Crippen molar-refractivity contribution in [3.63, 3.8) is 0 Å². The molecule has 0 saturated heterocycles. The molecule has 0 bridgehead atoms. The number of fused-ring (bicyclic) bond motifs is 2. The predicted octanol–water partition coefficient (Wildman–Crippen LogP) is 4.73. The van der Waals surface area contributed by atoms with Crippen LogP contribution in [0.1, 0.15) is 11.3 Å². The molecule has 3 aromatic heterocycles. The lowest BCUT2D eigenvalue weighted by Crippen LogP contribution is -2.04. The summed E-state index contributed by atoms with van der Waals surface area (Å²) in [7, 11) is 0. The van der Waals surface area contributed by atoms with E-state index in [0.717, 1.165) is 16.3 Å². The molecule has 0 aliphatic rings. The Kier molecular flexibility index (Phi) is 4.43. The van der Waals surface area contributed by atoms with Gasteiger partial charge in [0, 0.05) is 34.8 Å². The Hall–Kier alpha value is -4.43. The lowest BCUT2D eigenvalue weighted by molar-refractivity contribution is 0.302. The number of hydrogen-bond donors (Lipinski definition) is 1. The molecule has 0 aliphatic heterocycles. The Morgan fingerprint density at radius 3 is 2.53 bits per heavy atom. The molecule has 3 heterocycles. The summed E-state index contributed by atoms with van der Waals surface area (Å²) in [5.74, 6) is 6.64. The fraction of sp³-hybridized carbons (Fsp3) is 0. The minimum Gasteiger partial charge on any atom is -0.454 e. The largest absolute Gasteiger partial charge is 0.454 e. The first-order chi connectivity index (χ1) is 14.8. The highest BCUT2D eigenvalue weighted by Gasteiger charge is 2.09. The molecule has 0 radical (unpaired) electrons. The molecule has 0 fully saturated rings. The van der Waals surface area contributed by atoms with Gasteiger partial charge in [-0.1, -0.05) is 41.4 Å². The molecule has 5 rings (SSSR count). The summed E-state index contributed by atoms with van der Waals surface area (Å²) in [5, 5.41) is 16.2. The number of hydrogen-bond acceptors (Lipinski definition) is 5. The molecule has 2 aromatic carbocycles. The van der Waals surface area contributed by atoms with Crippen molar-refractivity contribution in [1.29, 1.82) is 0 Å². The summed E-state index contributed by atoms with van der Waals surface area (Å²) >= 11 is 0. The summed E-state index contributed by atoms with van der Waals surface area (Å²) in [4.78, 5) is 8.71. The highest BCUT2D eigenvalue weighted by Crippen LogP contribution is 2.24. The van der Waals surface area contributed by atoms with Crippen molar-refractivity contribution in [2.45, 2.75) is 0 Å².